The third-order valence-electron chi connectivity index (χ3n) is 5.79. The normalized spacial score (nSPS) is 16.2. The number of carbonyl (C=O) groups is 2. The lowest BCUT2D eigenvalue weighted by Gasteiger charge is -2.27. The minimum absolute atomic E-state index is 0.208. The lowest BCUT2D eigenvalue weighted by atomic mass is 10.1. The van der Waals surface area contributed by atoms with Gasteiger partial charge in [0.25, 0.3) is 5.91 Å². The summed E-state index contributed by atoms with van der Waals surface area (Å²) in [5, 5.41) is 0. The van der Waals surface area contributed by atoms with E-state index in [4.69, 9.17) is 13.9 Å². The van der Waals surface area contributed by atoms with Crippen molar-refractivity contribution in [2.45, 2.75) is 45.3 Å². The summed E-state index contributed by atoms with van der Waals surface area (Å²) in [5.74, 6) is 0.848. The van der Waals surface area contributed by atoms with E-state index < -0.39 is 6.04 Å². The Balaban J connectivity index is 1.39. The molecule has 0 aliphatic carbocycles. The predicted molar refractivity (Wildman–Crippen MR) is 125 cm³/mol. The maximum absolute atomic E-state index is 13.1. The zero-order valence-corrected chi connectivity index (χ0v) is 18.9. The molecule has 0 bridgehead atoms. The number of furan rings is 1. The van der Waals surface area contributed by atoms with Crippen molar-refractivity contribution in [1.29, 1.82) is 0 Å². The summed E-state index contributed by atoms with van der Waals surface area (Å²) in [6, 6.07) is 20.8. The minimum Gasteiger partial charge on any atom is -0.486 e. The van der Waals surface area contributed by atoms with Gasteiger partial charge in [0.15, 0.2) is 5.76 Å². The number of hydrogen-bond donors (Lipinski definition) is 0. The lowest BCUT2D eigenvalue weighted by molar-refractivity contribution is -0.148. The number of hydrogen-bond acceptors (Lipinski definition) is 5. The number of likely N-dealkylation sites (tertiary alicyclic amines) is 1. The van der Waals surface area contributed by atoms with Crippen molar-refractivity contribution in [2.75, 3.05) is 13.2 Å². The first-order chi connectivity index (χ1) is 16.2. The van der Waals surface area contributed by atoms with Crippen LogP contribution in [0, 0.1) is 0 Å². The second-order valence-corrected chi connectivity index (χ2v) is 8.06. The molecule has 172 valence electrons. The molecule has 0 spiro atoms. The number of nitrogens with zero attached hydrogens (tertiary/aromatic N) is 1. The van der Waals surface area contributed by atoms with Gasteiger partial charge >= 0.3 is 5.97 Å². The Morgan fingerprint density at radius 2 is 1.70 bits per heavy atom. The molecule has 1 saturated heterocycles. The molecule has 1 amide bonds. The summed E-state index contributed by atoms with van der Waals surface area (Å²) in [4.78, 5) is 27.1. The van der Waals surface area contributed by atoms with E-state index in [0.29, 0.717) is 31.1 Å². The summed E-state index contributed by atoms with van der Waals surface area (Å²) >= 11 is 0. The van der Waals surface area contributed by atoms with E-state index >= 15 is 0 Å². The third-order valence-corrected chi connectivity index (χ3v) is 5.79. The summed E-state index contributed by atoms with van der Waals surface area (Å²) in [6.45, 7) is 2.79. The van der Waals surface area contributed by atoms with Crippen molar-refractivity contribution >= 4 is 11.9 Å². The molecular formula is C27H29NO5. The van der Waals surface area contributed by atoms with Crippen molar-refractivity contribution < 1.29 is 23.5 Å². The van der Waals surface area contributed by atoms with Crippen LogP contribution in [0.5, 0.6) is 5.75 Å². The third kappa shape index (κ3) is 5.64. The van der Waals surface area contributed by atoms with Gasteiger partial charge in [-0.3, -0.25) is 4.79 Å². The molecule has 1 aromatic heterocycles. The fourth-order valence-corrected chi connectivity index (χ4v) is 4.08. The molecule has 1 atom stereocenters. The van der Waals surface area contributed by atoms with E-state index in [-0.39, 0.29) is 24.2 Å². The number of ether oxygens (including phenoxy) is 2. The molecule has 2 aromatic carbocycles. The zero-order chi connectivity index (χ0) is 23.0. The van der Waals surface area contributed by atoms with Crippen LogP contribution < -0.4 is 4.74 Å². The molecule has 0 radical (unpaired) electrons. The molecule has 2 heterocycles. The van der Waals surface area contributed by atoms with Gasteiger partial charge in [-0.25, -0.2) is 4.79 Å². The van der Waals surface area contributed by atoms with Gasteiger partial charge in [-0.05, 0) is 55.2 Å². The topological polar surface area (TPSA) is 69.0 Å². The number of amides is 1. The molecule has 3 aromatic rings. The molecule has 0 saturated carbocycles. The van der Waals surface area contributed by atoms with Crippen LogP contribution in [0.15, 0.2) is 71.1 Å². The van der Waals surface area contributed by atoms with Crippen LogP contribution in [0.4, 0.5) is 0 Å². The van der Waals surface area contributed by atoms with Gasteiger partial charge in [-0.1, -0.05) is 55.3 Å². The van der Waals surface area contributed by atoms with Crippen LogP contribution >= 0.6 is 0 Å². The second kappa shape index (κ2) is 10.9. The van der Waals surface area contributed by atoms with Crippen molar-refractivity contribution in [2.24, 2.45) is 0 Å². The monoisotopic (exact) mass is 447 g/mol. The maximum atomic E-state index is 13.1. The predicted octanol–water partition coefficient (Wildman–Crippen LogP) is 5.47. The molecule has 1 aliphatic heterocycles. The van der Waals surface area contributed by atoms with Gasteiger partial charge in [0, 0.05) is 6.54 Å². The van der Waals surface area contributed by atoms with Crippen LogP contribution in [0.2, 0.25) is 0 Å². The smallest absolute Gasteiger partial charge is 0.328 e. The average molecular weight is 448 g/mol. The van der Waals surface area contributed by atoms with Crippen molar-refractivity contribution in [3.8, 4) is 16.9 Å². The van der Waals surface area contributed by atoms with E-state index in [2.05, 4.69) is 12.1 Å². The Bertz CT molecular complexity index is 1060. The molecule has 1 aliphatic rings. The average Bonchev–Trinajstić information content (AvgIpc) is 3.19. The molecular weight excluding hydrogens is 418 g/mol. The summed E-state index contributed by atoms with van der Waals surface area (Å²) in [7, 11) is 0. The Labute approximate surface area is 194 Å². The number of rotatable bonds is 7. The quantitative estimate of drug-likeness (QED) is 0.449. The van der Waals surface area contributed by atoms with Gasteiger partial charge in [-0.15, -0.1) is 0 Å². The van der Waals surface area contributed by atoms with Crippen molar-refractivity contribution in [3.05, 3.63) is 78.3 Å². The molecule has 6 heteroatoms. The van der Waals surface area contributed by atoms with Gasteiger partial charge in [0.2, 0.25) is 0 Å². The van der Waals surface area contributed by atoms with Gasteiger partial charge < -0.3 is 18.8 Å². The number of carbonyl (C=O) groups excluding carboxylic acids is 2. The fourth-order valence-electron chi connectivity index (χ4n) is 4.08. The van der Waals surface area contributed by atoms with Crippen LogP contribution in [0.25, 0.3) is 11.1 Å². The number of esters is 1. The summed E-state index contributed by atoms with van der Waals surface area (Å²) in [5.41, 5.74) is 2.26. The van der Waals surface area contributed by atoms with Gasteiger partial charge in [-0.2, -0.15) is 0 Å². The second-order valence-electron chi connectivity index (χ2n) is 8.06. The largest absolute Gasteiger partial charge is 0.486 e. The van der Waals surface area contributed by atoms with E-state index in [9.17, 15) is 9.59 Å². The highest BCUT2D eigenvalue weighted by molar-refractivity contribution is 5.94. The van der Waals surface area contributed by atoms with Crippen LogP contribution in [0.3, 0.4) is 0 Å². The Morgan fingerprint density at radius 3 is 2.45 bits per heavy atom. The summed E-state index contributed by atoms with van der Waals surface area (Å²) in [6.07, 6.45) is 3.35. The highest BCUT2D eigenvalue weighted by atomic mass is 16.5. The van der Waals surface area contributed by atoms with Crippen LogP contribution in [-0.2, 0) is 16.1 Å². The molecule has 1 fully saturated rings. The van der Waals surface area contributed by atoms with Gasteiger partial charge in [0.05, 0.1) is 6.61 Å². The Hall–Kier alpha value is -3.54. The Morgan fingerprint density at radius 1 is 0.939 bits per heavy atom. The maximum Gasteiger partial charge on any atom is 0.328 e. The number of benzene rings is 2. The molecule has 0 N–H and O–H groups in total. The van der Waals surface area contributed by atoms with E-state index in [1.807, 2.05) is 42.5 Å². The van der Waals surface area contributed by atoms with E-state index in [1.54, 1.807) is 24.0 Å². The zero-order valence-electron chi connectivity index (χ0n) is 18.9. The molecule has 4 rings (SSSR count). The lowest BCUT2D eigenvalue weighted by Crippen LogP contribution is -2.45. The van der Waals surface area contributed by atoms with E-state index in [0.717, 1.165) is 30.4 Å². The van der Waals surface area contributed by atoms with E-state index in [1.165, 1.54) is 0 Å². The Kier molecular flexibility index (Phi) is 7.45. The van der Waals surface area contributed by atoms with Gasteiger partial charge in [0.1, 0.15) is 24.2 Å². The molecule has 33 heavy (non-hydrogen) atoms. The minimum atomic E-state index is -0.562. The highest BCUT2D eigenvalue weighted by Crippen LogP contribution is 2.24. The molecule has 6 nitrogen and oxygen atoms in total. The first kappa shape index (κ1) is 22.6. The molecule has 1 unspecified atom stereocenters. The summed E-state index contributed by atoms with van der Waals surface area (Å²) < 4.78 is 16.8. The standard InChI is InChI=1S/C27H29NO5/c1-2-31-27(30)24-11-7-4-8-18-28(24)26(29)25-17-16-23(33-25)19-32-22-14-12-21(13-15-22)20-9-5-3-6-10-20/h3,5-6,9-10,12-17,24H,2,4,7-8,11,18-19H2,1H3. The van der Waals surface area contributed by atoms with Crippen LogP contribution in [-0.4, -0.2) is 36.0 Å². The highest BCUT2D eigenvalue weighted by Gasteiger charge is 2.33. The first-order valence-electron chi connectivity index (χ1n) is 11.5. The van der Waals surface area contributed by atoms with Crippen molar-refractivity contribution in [1.82, 2.24) is 4.90 Å². The van der Waals surface area contributed by atoms with Crippen molar-refractivity contribution in [3.63, 3.8) is 0 Å². The SMILES string of the molecule is CCOC(=O)C1CCCCCN1C(=O)c1ccc(COc2ccc(-c3ccccc3)cc2)o1. The van der Waals surface area contributed by atoms with Crippen LogP contribution in [0.1, 0.15) is 48.9 Å². The first-order valence-corrected chi connectivity index (χ1v) is 11.5. The fraction of sp³-hybridized carbons (Fsp3) is 0.333.